The highest BCUT2D eigenvalue weighted by molar-refractivity contribution is 9.10. The third kappa shape index (κ3) is 4.29. The molecule has 4 nitrogen and oxygen atoms in total. The van der Waals surface area contributed by atoms with Crippen LogP contribution in [-0.4, -0.2) is 31.8 Å². The second-order valence-corrected chi connectivity index (χ2v) is 6.33. The predicted octanol–water partition coefficient (Wildman–Crippen LogP) is 3.82. The Morgan fingerprint density at radius 3 is 2.58 bits per heavy atom. The fourth-order valence-electron chi connectivity index (χ4n) is 2.70. The van der Waals surface area contributed by atoms with Crippen molar-refractivity contribution >= 4 is 34.3 Å². The van der Waals surface area contributed by atoms with Gasteiger partial charge >= 0.3 is 5.97 Å². The minimum atomic E-state index is -0.285. The first kappa shape index (κ1) is 18.8. The summed E-state index contributed by atoms with van der Waals surface area (Å²) in [7, 11) is 1.40. The van der Waals surface area contributed by atoms with Crippen molar-refractivity contribution in [1.29, 1.82) is 0 Å². The number of esters is 1. The summed E-state index contributed by atoms with van der Waals surface area (Å²) in [6.07, 6.45) is 0.567. The molecular weight excluding hydrogens is 394 g/mol. The molecule has 0 amide bonds. The smallest absolute Gasteiger partial charge is 0.323 e. The van der Waals surface area contributed by atoms with Crippen molar-refractivity contribution in [2.24, 2.45) is 0 Å². The van der Waals surface area contributed by atoms with Gasteiger partial charge in [-0.25, -0.2) is 0 Å². The predicted molar refractivity (Wildman–Crippen MR) is 99.7 cm³/mol. The molecule has 128 valence electrons. The van der Waals surface area contributed by atoms with Crippen molar-refractivity contribution in [2.45, 2.75) is 18.6 Å². The fourth-order valence-corrected chi connectivity index (χ4v) is 3.17. The summed E-state index contributed by atoms with van der Waals surface area (Å²) in [5.41, 5.74) is 2.29. The third-order valence-electron chi connectivity index (χ3n) is 3.91. The molecule has 3 rings (SSSR count). The van der Waals surface area contributed by atoms with Crippen molar-refractivity contribution in [3.05, 3.63) is 53.0 Å². The maximum absolute atomic E-state index is 11.5. The molecule has 0 radical (unpaired) electrons. The molecule has 0 saturated carbocycles. The number of benzene rings is 2. The highest BCUT2D eigenvalue weighted by atomic mass is 79.9. The SMILES string of the molecule is COC(=O)[C@@H]1C[C@@H](Oc2ccc(-c3ccccc3)cc2Br)CN1.Cl. The number of methoxy groups -OCH3 is 1. The molecule has 1 aliphatic heterocycles. The van der Waals surface area contributed by atoms with Crippen LogP contribution >= 0.6 is 28.3 Å². The Balaban J connectivity index is 0.00000208. The molecule has 0 bridgehead atoms. The standard InChI is InChI=1S/C18H18BrNO3.ClH/c1-22-18(21)16-10-14(11-20-16)23-17-8-7-13(9-15(17)19)12-5-3-2-4-6-12;/h2-9,14,16,20H,10-11H2,1H3;1H/t14-,16+;/m1./s1. The van der Waals surface area contributed by atoms with Crippen molar-refractivity contribution in [1.82, 2.24) is 5.32 Å². The van der Waals surface area contributed by atoms with Crippen LogP contribution in [0.5, 0.6) is 5.75 Å². The van der Waals surface area contributed by atoms with E-state index < -0.39 is 0 Å². The zero-order chi connectivity index (χ0) is 16.2. The van der Waals surface area contributed by atoms with Gasteiger partial charge in [0.2, 0.25) is 0 Å². The Bertz CT molecular complexity index is 696. The highest BCUT2D eigenvalue weighted by Crippen LogP contribution is 2.32. The normalized spacial score (nSPS) is 19.4. The minimum absolute atomic E-state index is 0. The zero-order valence-corrected chi connectivity index (χ0v) is 15.6. The van der Waals surface area contributed by atoms with Crippen molar-refractivity contribution in [3.8, 4) is 16.9 Å². The molecule has 0 unspecified atom stereocenters. The van der Waals surface area contributed by atoms with E-state index in [1.54, 1.807) is 0 Å². The first-order valence-corrected chi connectivity index (χ1v) is 8.29. The van der Waals surface area contributed by atoms with E-state index in [1.807, 2.05) is 36.4 Å². The Morgan fingerprint density at radius 1 is 1.17 bits per heavy atom. The Kier molecular flexibility index (Phi) is 6.66. The van der Waals surface area contributed by atoms with Crippen LogP contribution in [0.1, 0.15) is 6.42 Å². The van der Waals surface area contributed by atoms with Gasteiger partial charge in [-0.1, -0.05) is 36.4 Å². The van der Waals surface area contributed by atoms with E-state index in [4.69, 9.17) is 9.47 Å². The van der Waals surface area contributed by atoms with Crippen LogP contribution in [0.2, 0.25) is 0 Å². The average Bonchev–Trinajstić information content (AvgIpc) is 3.05. The second-order valence-electron chi connectivity index (χ2n) is 5.47. The van der Waals surface area contributed by atoms with Gasteiger partial charge in [-0.3, -0.25) is 4.79 Å². The van der Waals surface area contributed by atoms with E-state index in [9.17, 15) is 4.79 Å². The quantitative estimate of drug-likeness (QED) is 0.776. The van der Waals surface area contributed by atoms with Crippen LogP contribution in [-0.2, 0) is 9.53 Å². The van der Waals surface area contributed by atoms with E-state index in [0.29, 0.717) is 13.0 Å². The van der Waals surface area contributed by atoms with Gasteiger partial charge in [0.1, 0.15) is 17.9 Å². The molecule has 1 saturated heterocycles. The first-order chi connectivity index (χ1) is 11.2. The van der Waals surface area contributed by atoms with Gasteiger partial charge in [0, 0.05) is 13.0 Å². The minimum Gasteiger partial charge on any atom is -0.488 e. The van der Waals surface area contributed by atoms with Gasteiger partial charge in [0.15, 0.2) is 0 Å². The largest absolute Gasteiger partial charge is 0.488 e. The van der Waals surface area contributed by atoms with Crippen LogP contribution in [0.4, 0.5) is 0 Å². The Labute approximate surface area is 156 Å². The van der Waals surface area contributed by atoms with Gasteiger partial charge < -0.3 is 14.8 Å². The van der Waals surface area contributed by atoms with Crippen LogP contribution < -0.4 is 10.1 Å². The lowest BCUT2D eigenvalue weighted by Crippen LogP contribution is -2.31. The molecule has 2 aromatic rings. The molecule has 2 atom stereocenters. The van der Waals surface area contributed by atoms with E-state index in [1.165, 1.54) is 7.11 Å². The molecule has 0 aliphatic carbocycles. The molecule has 1 fully saturated rings. The lowest BCUT2D eigenvalue weighted by molar-refractivity contribution is -0.142. The van der Waals surface area contributed by atoms with Gasteiger partial charge in [-0.2, -0.15) is 0 Å². The van der Waals surface area contributed by atoms with E-state index in [2.05, 4.69) is 33.4 Å². The third-order valence-corrected chi connectivity index (χ3v) is 4.53. The molecule has 1 N–H and O–H groups in total. The van der Waals surface area contributed by atoms with Gasteiger partial charge in [-0.15, -0.1) is 12.4 Å². The van der Waals surface area contributed by atoms with Crippen LogP contribution in [0, 0.1) is 0 Å². The molecule has 6 heteroatoms. The summed E-state index contributed by atoms with van der Waals surface area (Å²) in [6.45, 7) is 0.632. The van der Waals surface area contributed by atoms with E-state index >= 15 is 0 Å². The summed E-state index contributed by atoms with van der Waals surface area (Å²) in [5.74, 6) is 0.539. The van der Waals surface area contributed by atoms with Crippen molar-refractivity contribution in [3.63, 3.8) is 0 Å². The van der Waals surface area contributed by atoms with Gasteiger partial charge in [0.25, 0.3) is 0 Å². The summed E-state index contributed by atoms with van der Waals surface area (Å²) in [6, 6.07) is 15.9. The fraction of sp³-hybridized carbons (Fsp3) is 0.278. The lowest BCUT2D eigenvalue weighted by Gasteiger charge is -2.15. The number of hydrogen-bond donors (Lipinski definition) is 1. The topological polar surface area (TPSA) is 47.6 Å². The second kappa shape index (κ2) is 8.51. The maximum atomic E-state index is 11.5. The highest BCUT2D eigenvalue weighted by Gasteiger charge is 2.31. The van der Waals surface area contributed by atoms with Crippen LogP contribution in [0.3, 0.4) is 0 Å². The lowest BCUT2D eigenvalue weighted by atomic mass is 10.1. The van der Waals surface area contributed by atoms with Crippen molar-refractivity contribution in [2.75, 3.05) is 13.7 Å². The average molecular weight is 413 g/mol. The van der Waals surface area contributed by atoms with E-state index in [0.717, 1.165) is 21.3 Å². The number of carbonyl (C=O) groups excluding carboxylic acids is 1. The molecule has 24 heavy (non-hydrogen) atoms. The zero-order valence-electron chi connectivity index (χ0n) is 13.2. The summed E-state index contributed by atoms with van der Waals surface area (Å²) < 4.78 is 11.7. The molecule has 1 heterocycles. The summed E-state index contributed by atoms with van der Waals surface area (Å²) in [4.78, 5) is 11.5. The first-order valence-electron chi connectivity index (χ1n) is 7.50. The number of ether oxygens (including phenoxy) is 2. The van der Waals surface area contributed by atoms with Gasteiger partial charge in [0.05, 0.1) is 11.6 Å². The Hall–Kier alpha value is -1.56. The number of carbonyl (C=O) groups is 1. The van der Waals surface area contributed by atoms with Crippen molar-refractivity contribution < 1.29 is 14.3 Å². The molecular formula is C18H19BrClNO3. The number of rotatable bonds is 4. The monoisotopic (exact) mass is 411 g/mol. The number of hydrogen-bond acceptors (Lipinski definition) is 4. The molecule has 2 aromatic carbocycles. The molecule has 0 spiro atoms. The maximum Gasteiger partial charge on any atom is 0.323 e. The number of nitrogens with one attached hydrogen (secondary N) is 1. The van der Waals surface area contributed by atoms with Crippen LogP contribution in [0.15, 0.2) is 53.0 Å². The summed E-state index contributed by atoms with van der Waals surface area (Å²) in [5, 5.41) is 3.12. The van der Waals surface area contributed by atoms with Gasteiger partial charge in [-0.05, 0) is 39.2 Å². The van der Waals surface area contributed by atoms with E-state index in [-0.39, 0.29) is 30.5 Å². The van der Waals surface area contributed by atoms with Crippen LogP contribution in [0.25, 0.3) is 11.1 Å². The number of halogens is 2. The molecule has 0 aromatic heterocycles. The Morgan fingerprint density at radius 2 is 1.92 bits per heavy atom. The summed E-state index contributed by atoms with van der Waals surface area (Å²) >= 11 is 3.57. The molecule has 1 aliphatic rings.